The van der Waals surface area contributed by atoms with Crippen LogP contribution in [0.1, 0.15) is 64.5 Å². The maximum atomic E-state index is 14.0. The van der Waals surface area contributed by atoms with E-state index < -0.39 is 11.6 Å². The summed E-state index contributed by atoms with van der Waals surface area (Å²) in [6, 6.07) is 8.07. The molecule has 0 aliphatic carbocycles. The Morgan fingerprint density at radius 2 is 1.59 bits per heavy atom. The van der Waals surface area contributed by atoms with Gasteiger partial charge in [-0.05, 0) is 75.6 Å². The number of hydrogen-bond donors (Lipinski definition) is 1. The van der Waals surface area contributed by atoms with E-state index in [0.717, 1.165) is 50.9 Å². The SMILES string of the molecule is CC.CC.CN(Cc1c(F)cccc1F)C1CCN(C(=O)C2CCN(Cc3ccnc(N)c3)CC2)CC1. The largest absolute Gasteiger partial charge is 0.384 e. The molecular weight excluding hydrogens is 472 g/mol. The predicted molar refractivity (Wildman–Crippen MR) is 147 cm³/mol. The van der Waals surface area contributed by atoms with Crippen LogP contribution < -0.4 is 5.73 Å². The summed E-state index contributed by atoms with van der Waals surface area (Å²) in [6.45, 7) is 12.2. The van der Waals surface area contributed by atoms with Gasteiger partial charge in [0.05, 0.1) is 0 Å². The first kappa shape index (κ1) is 30.6. The van der Waals surface area contributed by atoms with Crippen LogP contribution in [0.2, 0.25) is 0 Å². The summed E-state index contributed by atoms with van der Waals surface area (Å²) < 4.78 is 28.0. The molecule has 2 aromatic rings. The van der Waals surface area contributed by atoms with Crippen molar-refractivity contribution < 1.29 is 13.6 Å². The number of nitrogen functional groups attached to an aromatic ring is 1. The van der Waals surface area contributed by atoms with Gasteiger partial charge in [-0.2, -0.15) is 0 Å². The predicted octanol–water partition coefficient (Wildman–Crippen LogP) is 5.33. The monoisotopic (exact) mass is 517 g/mol. The van der Waals surface area contributed by atoms with Gasteiger partial charge in [-0.25, -0.2) is 13.8 Å². The Morgan fingerprint density at radius 3 is 2.16 bits per heavy atom. The highest BCUT2D eigenvalue weighted by molar-refractivity contribution is 5.79. The molecule has 4 rings (SSSR count). The molecule has 0 atom stereocenters. The molecule has 6 nitrogen and oxygen atoms in total. The van der Waals surface area contributed by atoms with Crippen LogP contribution in [-0.4, -0.2) is 64.9 Å². The smallest absolute Gasteiger partial charge is 0.225 e. The molecule has 2 aliphatic rings. The minimum Gasteiger partial charge on any atom is -0.384 e. The molecule has 2 fully saturated rings. The van der Waals surface area contributed by atoms with E-state index >= 15 is 0 Å². The van der Waals surface area contributed by atoms with Crippen LogP contribution in [0.5, 0.6) is 0 Å². The van der Waals surface area contributed by atoms with Crippen LogP contribution in [0.25, 0.3) is 0 Å². The summed E-state index contributed by atoms with van der Waals surface area (Å²) in [7, 11) is 1.90. The summed E-state index contributed by atoms with van der Waals surface area (Å²) in [4.78, 5) is 23.5. The second-order valence-electron chi connectivity index (χ2n) is 9.31. The third-order valence-electron chi connectivity index (χ3n) is 7.06. The first-order chi connectivity index (χ1) is 17.9. The third-order valence-corrected chi connectivity index (χ3v) is 7.06. The number of anilines is 1. The fourth-order valence-electron chi connectivity index (χ4n) is 5.04. The molecule has 1 amide bonds. The molecule has 1 aromatic heterocycles. The van der Waals surface area contributed by atoms with E-state index in [1.807, 2.05) is 56.7 Å². The zero-order chi connectivity index (χ0) is 27.4. The number of benzene rings is 1. The molecule has 2 saturated heterocycles. The number of likely N-dealkylation sites (tertiary alicyclic amines) is 2. The van der Waals surface area contributed by atoms with E-state index in [2.05, 4.69) is 9.88 Å². The van der Waals surface area contributed by atoms with E-state index in [4.69, 9.17) is 5.73 Å². The van der Waals surface area contributed by atoms with Gasteiger partial charge in [0.15, 0.2) is 0 Å². The summed E-state index contributed by atoms with van der Waals surface area (Å²) >= 11 is 0. The summed E-state index contributed by atoms with van der Waals surface area (Å²) in [5, 5.41) is 0. The van der Waals surface area contributed by atoms with Crippen LogP contribution in [0.15, 0.2) is 36.5 Å². The fourth-order valence-corrected chi connectivity index (χ4v) is 5.04. The molecule has 1 aromatic carbocycles. The number of aromatic nitrogens is 1. The number of halogens is 2. The Hall–Kier alpha value is -2.58. The molecule has 37 heavy (non-hydrogen) atoms. The highest BCUT2D eigenvalue weighted by atomic mass is 19.1. The highest BCUT2D eigenvalue weighted by Crippen LogP contribution is 2.25. The summed E-state index contributed by atoms with van der Waals surface area (Å²) in [5.74, 6) is -0.151. The molecule has 2 N–H and O–H groups in total. The van der Waals surface area contributed by atoms with Crippen molar-refractivity contribution in [1.29, 1.82) is 0 Å². The van der Waals surface area contributed by atoms with Crippen LogP contribution >= 0.6 is 0 Å². The normalized spacial score (nSPS) is 17.0. The number of pyridine rings is 1. The minimum absolute atomic E-state index is 0.0746. The maximum Gasteiger partial charge on any atom is 0.225 e. The second-order valence-corrected chi connectivity index (χ2v) is 9.31. The van der Waals surface area contributed by atoms with Gasteiger partial charge in [-0.15, -0.1) is 0 Å². The molecule has 0 saturated carbocycles. The molecule has 3 heterocycles. The van der Waals surface area contributed by atoms with Gasteiger partial charge in [0.1, 0.15) is 17.5 Å². The Balaban J connectivity index is 0.00000115. The molecule has 0 spiro atoms. The van der Waals surface area contributed by atoms with Crippen molar-refractivity contribution in [3.8, 4) is 0 Å². The van der Waals surface area contributed by atoms with E-state index in [1.165, 1.54) is 18.2 Å². The quantitative estimate of drug-likeness (QED) is 0.561. The zero-order valence-electron chi connectivity index (χ0n) is 23.2. The van der Waals surface area contributed by atoms with Crippen LogP contribution in [-0.2, 0) is 17.9 Å². The van der Waals surface area contributed by atoms with E-state index in [-0.39, 0.29) is 30.0 Å². The average molecular weight is 518 g/mol. The Kier molecular flexibility index (Phi) is 12.9. The first-order valence-corrected chi connectivity index (χ1v) is 13.8. The number of hydrogen-bond acceptors (Lipinski definition) is 5. The van der Waals surface area contributed by atoms with Crippen molar-refractivity contribution in [3.63, 3.8) is 0 Å². The minimum atomic E-state index is -0.506. The van der Waals surface area contributed by atoms with E-state index in [9.17, 15) is 13.6 Å². The van der Waals surface area contributed by atoms with Crippen molar-refractivity contribution in [2.45, 2.75) is 72.5 Å². The van der Waals surface area contributed by atoms with Crippen molar-refractivity contribution >= 4 is 11.7 Å². The lowest BCUT2D eigenvalue weighted by Crippen LogP contribution is -2.48. The van der Waals surface area contributed by atoms with Gasteiger partial charge in [-0.1, -0.05) is 33.8 Å². The number of nitrogens with two attached hydrogens (primary N) is 1. The van der Waals surface area contributed by atoms with Crippen molar-refractivity contribution in [3.05, 3.63) is 59.3 Å². The molecule has 8 heteroatoms. The van der Waals surface area contributed by atoms with Crippen molar-refractivity contribution in [1.82, 2.24) is 19.7 Å². The molecule has 0 bridgehead atoms. The number of amides is 1. The van der Waals surface area contributed by atoms with Crippen LogP contribution in [0, 0.1) is 17.6 Å². The van der Waals surface area contributed by atoms with Gasteiger partial charge in [0.25, 0.3) is 0 Å². The zero-order valence-corrected chi connectivity index (χ0v) is 23.2. The Labute approximate surface area is 221 Å². The Morgan fingerprint density at radius 1 is 1.00 bits per heavy atom. The number of rotatable bonds is 6. The maximum absolute atomic E-state index is 14.0. The van der Waals surface area contributed by atoms with Gasteiger partial charge in [0.2, 0.25) is 5.91 Å². The Bertz CT molecular complexity index is 937. The van der Waals surface area contributed by atoms with E-state index in [0.29, 0.717) is 18.9 Å². The average Bonchev–Trinajstić information content (AvgIpc) is 2.93. The summed E-state index contributed by atoms with van der Waals surface area (Å²) in [6.07, 6.45) is 5.10. The van der Waals surface area contributed by atoms with Gasteiger partial charge < -0.3 is 10.6 Å². The number of nitrogens with zero attached hydrogens (tertiary/aromatic N) is 4. The van der Waals surface area contributed by atoms with Gasteiger partial charge in [-0.3, -0.25) is 14.6 Å². The molecule has 0 radical (unpaired) electrons. The van der Waals surface area contributed by atoms with Gasteiger partial charge in [0, 0.05) is 49.9 Å². The number of carbonyl (C=O) groups excluding carboxylic acids is 1. The molecule has 206 valence electrons. The van der Waals surface area contributed by atoms with Crippen LogP contribution in [0.3, 0.4) is 0 Å². The third kappa shape index (κ3) is 8.75. The highest BCUT2D eigenvalue weighted by Gasteiger charge is 2.32. The topological polar surface area (TPSA) is 65.7 Å². The lowest BCUT2D eigenvalue weighted by molar-refractivity contribution is -0.138. The lowest BCUT2D eigenvalue weighted by atomic mass is 9.93. The van der Waals surface area contributed by atoms with E-state index in [1.54, 1.807) is 6.20 Å². The standard InChI is InChI=1S/C25H33F2N5O.2C2H6/c1-30(17-21-22(26)3-2-4-23(21)27)20-8-13-32(14-9-20)25(33)19-6-11-31(12-7-19)16-18-5-10-29-24(28)15-18;2*1-2/h2-5,10,15,19-20H,6-9,11-14,16-17H2,1H3,(H2,28,29);2*1-2H3. The summed E-state index contributed by atoms with van der Waals surface area (Å²) in [5.41, 5.74) is 7.03. The molecule has 0 unspecified atom stereocenters. The van der Waals surface area contributed by atoms with Gasteiger partial charge >= 0.3 is 0 Å². The number of carbonyl (C=O) groups is 1. The second kappa shape index (κ2) is 15.6. The first-order valence-electron chi connectivity index (χ1n) is 13.8. The number of piperidine rings is 2. The lowest BCUT2D eigenvalue weighted by Gasteiger charge is -2.39. The van der Waals surface area contributed by atoms with Crippen LogP contribution in [0.4, 0.5) is 14.6 Å². The molecule has 2 aliphatic heterocycles. The molecular formula is C29H45F2N5O. The van der Waals surface area contributed by atoms with Crippen molar-refractivity contribution in [2.75, 3.05) is 39.0 Å². The fraction of sp³-hybridized carbons (Fsp3) is 0.586. The van der Waals surface area contributed by atoms with Crippen molar-refractivity contribution in [2.24, 2.45) is 5.92 Å².